The molecule has 124 valence electrons. The van der Waals surface area contributed by atoms with Crippen molar-refractivity contribution >= 4 is 11.8 Å². The molecule has 9 unspecified atom stereocenters. The van der Waals surface area contributed by atoms with E-state index in [-0.39, 0.29) is 4.75 Å². The lowest BCUT2D eigenvalue weighted by Crippen LogP contribution is -2.64. The lowest BCUT2D eigenvalue weighted by atomic mass is 9.38. The van der Waals surface area contributed by atoms with Gasteiger partial charge in [0, 0.05) is 4.75 Å². The number of thioether (sulfide) groups is 1. The van der Waals surface area contributed by atoms with Gasteiger partial charge in [-0.15, -0.1) is 11.8 Å². The van der Waals surface area contributed by atoms with Crippen LogP contribution in [0.4, 0.5) is 0 Å². The number of benzene rings is 2. The average molecular weight is 343 g/mol. The lowest BCUT2D eigenvalue weighted by molar-refractivity contribution is -0.184. The Labute approximate surface area is 153 Å². The zero-order chi connectivity index (χ0) is 16.0. The van der Waals surface area contributed by atoms with Gasteiger partial charge in [0.1, 0.15) is 0 Å². The van der Waals surface area contributed by atoms with Gasteiger partial charge in [-0.25, -0.2) is 0 Å². The van der Waals surface area contributed by atoms with E-state index in [0.717, 1.165) is 47.3 Å². The first kappa shape index (κ1) is 13.0. The summed E-state index contributed by atoms with van der Waals surface area (Å²) < 4.78 is 0.791. The smallest absolute Gasteiger partial charge is 0.0816 e. The van der Waals surface area contributed by atoms with Gasteiger partial charge >= 0.3 is 0 Å². The number of hydrogen-bond donors (Lipinski definition) is 0. The van der Waals surface area contributed by atoms with Crippen LogP contribution in [0.5, 0.6) is 0 Å². The van der Waals surface area contributed by atoms with Crippen LogP contribution in [-0.2, 0) is 4.75 Å². The van der Waals surface area contributed by atoms with Crippen molar-refractivity contribution in [2.45, 2.75) is 22.3 Å². The predicted octanol–water partition coefficient (Wildman–Crippen LogP) is 5.19. The maximum Gasteiger partial charge on any atom is 0.0816 e. The molecular weight excluding hydrogens is 320 g/mol. The summed E-state index contributed by atoms with van der Waals surface area (Å²) in [4.78, 5) is 0. The fourth-order valence-corrected chi connectivity index (χ4v) is 11.7. The van der Waals surface area contributed by atoms with Crippen LogP contribution in [0.15, 0.2) is 60.7 Å². The SMILES string of the molecule is c1ccc(C2(c3ccccc3)SC23C2C4CC5C6C(C4)C3C6C52)cc1. The third-order valence-corrected chi connectivity index (χ3v) is 11.6. The summed E-state index contributed by atoms with van der Waals surface area (Å²) in [5, 5.41) is 0. The van der Waals surface area contributed by atoms with Crippen molar-refractivity contribution in [3.8, 4) is 0 Å². The molecule has 7 fully saturated rings. The van der Waals surface area contributed by atoms with Gasteiger partial charge in [-0.05, 0) is 71.3 Å². The minimum absolute atomic E-state index is 0.249. The second kappa shape index (κ2) is 3.74. The van der Waals surface area contributed by atoms with Crippen LogP contribution in [0.2, 0.25) is 0 Å². The van der Waals surface area contributed by atoms with Gasteiger partial charge in [0.05, 0.1) is 4.75 Å². The van der Waals surface area contributed by atoms with Gasteiger partial charge in [-0.1, -0.05) is 60.7 Å². The van der Waals surface area contributed by atoms with E-state index in [0.29, 0.717) is 4.75 Å². The predicted molar refractivity (Wildman–Crippen MR) is 101 cm³/mol. The van der Waals surface area contributed by atoms with Crippen LogP contribution in [0.25, 0.3) is 0 Å². The monoisotopic (exact) mass is 342 g/mol. The third kappa shape index (κ3) is 1.07. The molecule has 9 atom stereocenters. The Balaban J connectivity index is 1.39. The van der Waals surface area contributed by atoms with E-state index >= 15 is 0 Å². The molecule has 9 rings (SSSR count). The topological polar surface area (TPSA) is 0 Å². The van der Waals surface area contributed by atoms with Crippen molar-refractivity contribution in [2.24, 2.45) is 47.3 Å². The van der Waals surface area contributed by atoms with Crippen LogP contribution < -0.4 is 0 Å². The van der Waals surface area contributed by atoms with Gasteiger partial charge in [0.15, 0.2) is 0 Å². The highest BCUT2D eigenvalue weighted by Gasteiger charge is 2.94. The molecular formula is C24H22S. The molecule has 0 nitrogen and oxygen atoms in total. The Morgan fingerprint density at radius 1 is 0.680 bits per heavy atom. The van der Waals surface area contributed by atoms with E-state index in [1.807, 2.05) is 0 Å². The van der Waals surface area contributed by atoms with Crippen LogP contribution in [-0.4, -0.2) is 4.75 Å². The van der Waals surface area contributed by atoms with Crippen LogP contribution >= 0.6 is 11.8 Å². The normalized spacial score (nSPS) is 53.6. The lowest BCUT2D eigenvalue weighted by Gasteiger charge is -2.67. The fourth-order valence-electron chi connectivity index (χ4n) is 9.30. The first-order valence-electron chi connectivity index (χ1n) is 10.2. The molecule has 1 heterocycles. The van der Waals surface area contributed by atoms with Gasteiger partial charge in [-0.2, -0.15) is 0 Å². The summed E-state index contributed by atoms with van der Waals surface area (Å²) >= 11 is 2.39. The highest BCUT2D eigenvalue weighted by molar-refractivity contribution is 8.09. The van der Waals surface area contributed by atoms with Gasteiger partial charge in [0.25, 0.3) is 0 Å². The molecule has 1 heteroatoms. The standard InChI is InChI=1S/C24H22S/c1-3-7-14(8-4-1)23(15-9-5-2-6-10-15)24(25-23)21-13-11-16-18-17(12-13)22(24)20(18)19(16)21/h1-10,13,16-22H,11-12H2. The van der Waals surface area contributed by atoms with E-state index in [1.165, 1.54) is 0 Å². The molecule has 5 bridgehead atoms. The first-order chi connectivity index (χ1) is 12.4. The van der Waals surface area contributed by atoms with E-state index in [1.54, 1.807) is 24.0 Å². The van der Waals surface area contributed by atoms with Crippen molar-refractivity contribution in [1.29, 1.82) is 0 Å². The highest BCUT2D eigenvalue weighted by Crippen LogP contribution is 2.97. The van der Waals surface area contributed by atoms with E-state index in [9.17, 15) is 0 Å². The molecule has 1 spiro atoms. The van der Waals surface area contributed by atoms with Crippen molar-refractivity contribution in [2.75, 3.05) is 0 Å². The summed E-state index contributed by atoms with van der Waals surface area (Å²) in [7, 11) is 0. The Morgan fingerprint density at radius 3 is 2.00 bits per heavy atom. The Bertz CT molecular complexity index is 859. The molecule has 0 radical (unpaired) electrons. The maximum absolute atomic E-state index is 2.42. The summed E-state index contributed by atoms with van der Waals surface area (Å²) in [5.74, 6) is 8.72. The van der Waals surface area contributed by atoms with Crippen LogP contribution in [0.3, 0.4) is 0 Å². The molecule has 0 amide bonds. The summed E-state index contributed by atoms with van der Waals surface area (Å²) in [6.07, 6.45) is 3.17. The van der Waals surface area contributed by atoms with Gasteiger partial charge < -0.3 is 0 Å². The average Bonchev–Trinajstić information content (AvgIpc) is 3.27. The van der Waals surface area contributed by atoms with Crippen molar-refractivity contribution in [1.82, 2.24) is 0 Å². The zero-order valence-electron chi connectivity index (χ0n) is 14.2. The molecule has 2 aromatic rings. The van der Waals surface area contributed by atoms with Crippen LogP contribution in [0, 0.1) is 47.3 Å². The number of rotatable bonds is 2. The van der Waals surface area contributed by atoms with E-state index in [4.69, 9.17) is 0 Å². The van der Waals surface area contributed by atoms with E-state index < -0.39 is 0 Å². The summed E-state index contributed by atoms with van der Waals surface area (Å²) in [6.45, 7) is 0. The maximum atomic E-state index is 2.42. The molecule has 2 aromatic carbocycles. The quantitative estimate of drug-likeness (QED) is 0.677. The molecule has 25 heavy (non-hydrogen) atoms. The molecule has 7 aliphatic rings. The molecule has 6 saturated carbocycles. The summed E-state index contributed by atoms with van der Waals surface area (Å²) in [5.41, 5.74) is 3.16. The van der Waals surface area contributed by atoms with Crippen molar-refractivity contribution in [3.63, 3.8) is 0 Å². The van der Waals surface area contributed by atoms with E-state index in [2.05, 4.69) is 72.4 Å². The Morgan fingerprint density at radius 2 is 1.32 bits per heavy atom. The third-order valence-electron chi connectivity index (χ3n) is 9.50. The van der Waals surface area contributed by atoms with Gasteiger partial charge in [0.2, 0.25) is 0 Å². The second-order valence-corrected chi connectivity index (χ2v) is 11.1. The number of hydrogen-bond acceptors (Lipinski definition) is 1. The molecule has 6 aliphatic carbocycles. The zero-order valence-corrected chi connectivity index (χ0v) is 15.0. The highest BCUT2D eigenvalue weighted by atomic mass is 32.2. The minimum Gasteiger partial charge on any atom is -0.134 e. The molecule has 0 N–H and O–H groups in total. The largest absolute Gasteiger partial charge is 0.134 e. The Hall–Kier alpha value is -1.21. The van der Waals surface area contributed by atoms with Crippen molar-refractivity contribution in [3.05, 3.63) is 71.8 Å². The van der Waals surface area contributed by atoms with Gasteiger partial charge in [-0.3, -0.25) is 0 Å². The molecule has 0 aromatic heterocycles. The van der Waals surface area contributed by atoms with Crippen LogP contribution in [0.1, 0.15) is 24.0 Å². The fraction of sp³-hybridized carbons (Fsp3) is 0.500. The Kier molecular flexibility index (Phi) is 1.95. The molecule has 1 saturated heterocycles. The summed E-state index contributed by atoms with van der Waals surface area (Å²) in [6, 6.07) is 23.1. The first-order valence-corrected chi connectivity index (χ1v) is 11.0. The minimum atomic E-state index is 0.249. The molecule has 1 aliphatic heterocycles. The van der Waals surface area contributed by atoms with Crippen molar-refractivity contribution < 1.29 is 0 Å². The second-order valence-electron chi connectivity index (χ2n) is 9.65.